The highest BCUT2D eigenvalue weighted by Gasteiger charge is 2.24. The van der Waals surface area contributed by atoms with Gasteiger partial charge in [-0.2, -0.15) is 4.31 Å². The summed E-state index contributed by atoms with van der Waals surface area (Å²) < 4.78 is 53.3. The zero-order valence-electron chi connectivity index (χ0n) is 17.5. The van der Waals surface area contributed by atoms with Crippen LogP contribution < -0.4 is 10.0 Å². The molecule has 0 spiro atoms. The fraction of sp³-hybridized carbons (Fsp3) is 0.350. The molecular weight excluding hydrogens is 426 g/mol. The number of benzene rings is 2. The molecule has 0 atom stereocenters. The number of carbonyl (C=O) groups excluding carboxylic acids is 1. The first kappa shape index (κ1) is 24.0. The minimum atomic E-state index is -3.82. The second kappa shape index (κ2) is 9.69. The molecule has 0 heterocycles. The van der Waals surface area contributed by atoms with E-state index in [1.165, 1.54) is 19.2 Å². The molecule has 0 aliphatic rings. The van der Waals surface area contributed by atoms with Crippen LogP contribution in [0.25, 0.3) is 0 Å². The van der Waals surface area contributed by atoms with Crippen molar-refractivity contribution in [3.8, 4) is 0 Å². The van der Waals surface area contributed by atoms with Crippen molar-refractivity contribution >= 4 is 26.0 Å². The van der Waals surface area contributed by atoms with E-state index in [4.69, 9.17) is 0 Å². The number of sulfonamides is 2. The minimum absolute atomic E-state index is 0.0185. The summed E-state index contributed by atoms with van der Waals surface area (Å²) >= 11 is 0. The number of hydrogen-bond acceptors (Lipinski definition) is 5. The molecule has 0 saturated heterocycles. The zero-order valence-corrected chi connectivity index (χ0v) is 19.1. The van der Waals surface area contributed by atoms with Crippen LogP contribution in [0.5, 0.6) is 0 Å². The van der Waals surface area contributed by atoms with Crippen molar-refractivity contribution in [3.05, 3.63) is 59.2 Å². The molecule has 0 unspecified atom stereocenters. The maximum absolute atomic E-state index is 12.7. The Kier molecular flexibility index (Phi) is 7.75. The molecule has 0 aliphatic heterocycles. The number of aryl methyl sites for hydroxylation is 3. The van der Waals surface area contributed by atoms with Gasteiger partial charge in [-0.3, -0.25) is 4.79 Å². The molecule has 1 amide bonds. The molecule has 0 radical (unpaired) electrons. The molecule has 0 aliphatic carbocycles. The summed E-state index contributed by atoms with van der Waals surface area (Å²) in [5, 5.41) is 2.52. The van der Waals surface area contributed by atoms with E-state index >= 15 is 0 Å². The number of hydrogen-bond donors (Lipinski definition) is 2. The molecule has 0 fully saturated rings. The third-order valence-electron chi connectivity index (χ3n) is 4.47. The van der Waals surface area contributed by atoms with Gasteiger partial charge in [0.05, 0.1) is 16.3 Å². The van der Waals surface area contributed by atoms with Crippen molar-refractivity contribution in [2.75, 3.05) is 26.7 Å². The van der Waals surface area contributed by atoms with Gasteiger partial charge in [0.2, 0.25) is 26.0 Å². The number of carbonyl (C=O) groups is 1. The van der Waals surface area contributed by atoms with Crippen molar-refractivity contribution in [2.45, 2.75) is 30.6 Å². The van der Waals surface area contributed by atoms with E-state index in [0.717, 1.165) is 15.4 Å². The van der Waals surface area contributed by atoms with Crippen LogP contribution in [0.1, 0.15) is 16.7 Å². The second-order valence-electron chi connectivity index (χ2n) is 7.09. The smallest absolute Gasteiger partial charge is 0.243 e. The lowest BCUT2D eigenvalue weighted by Crippen LogP contribution is -2.41. The quantitative estimate of drug-likeness (QED) is 0.556. The van der Waals surface area contributed by atoms with Crippen LogP contribution in [0, 0.1) is 20.8 Å². The number of nitrogens with zero attached hydrogens (tertiary/aromatic N) is 1. The van der Waals surface area contributed by atoms with Crippen LogP contribution in [0.3, 0.4) is 0 Å². The first-order valence-corrected chi connectivity index (χ1v) is 12.2. The Morgan fingerprint density at radius 2 is 1.50 bits per heavy atom. The van der Waals surface area contributed by atoms with E-state index in [2.05, 4.69) is 10.0 Å². The zero-order chi connectivity index (χ0) is 22.5. The first-order chi connectivity index (χ1) is 13.9. The van der Waals surface area contributed by atoms with Gasteiger partial charge in [-0.05, 0) is 50.1 Å². The molecule has 10 heteroatoms. The maximum Gasteiger partial charge on any atom is 0.243 e. The van der Waals surface area contributed by atoms with Crippen LogP contribution in [-0.2, 0) is 24.8 Å². The largest absolute Gasteiger partial charge is 0.354 e. The summed E-state index contributed by atoms with van der Waals surface area (Å²) in [6.45, 7) is 4.98. The third kappa shape index (κ3) is 6.11. The van der Waals surface area contributed by atoms with Crippen molar-refractivity contribution < 1.29 is 21.6 Å². The number of nitrogens with one attached hydrogen (secondary N) is 2. The second-order valence-corrected chi connectivity index (χ2v) is 10.9. The summed E-state index contributed by atoms with van der Waals surface area (Å²) in [4.78, 5) is 12.4. The van der Waals surface area contributed by atoms with Crippen molar-refractivity contribution in [1.82, 2.24) is 14.3 Å². The Morgan fingerprint density at radius 3 is 2.13 bits per heavy atom. The highest BCUT2D eigenvalue weighted by Crippen LogP contribution is 2.20. The summed E-state index contributed by atoms with van der Waals surface area (Å²) in [6, 6.07) is 11.5. The normalized spacial score (nSPS) is 12.2. The topological polar surface area (TPSA) is 113 Å². The highest BCUT2D eigenvalue weighted by molar-refractivity contribution is 7.89. The fourth-order valence-corrected chi connectivity index (χ4v) is 5.15. The molecule has 0 bridgehead atoms. The molecule has 8 nitrogen and oxygen atoms in total. The van der Waals surface area contributed by atoms with Crippen LogP contribution >= 0.6 is 0 Å². The number of likely N-dealkylation sites (N-methyl/N-ethyl adjacent to an activating group) is 1. The SMILES string of the molecule is Cc1ccc(S(=O)(=O)NCCNC(=O)CN(C)S(=O)(=O)c2cc(C)ccc2C)cc1. The van der Waals surface area contributed by atoms with E-state index in [1.807, 2.05) is 13.0 Å². The Balaban J connectivity index is 1.88. The van der Waals surface area contributed by atoms with Gasteiger partial charge < -0.3 is 5.32 Å². The Bertz CT molecular complexity index is 1110. The molecule has 164 valence electrons. The van der Waals surface area contributed by atoms with Crippen LogP contribution in [0.2, 0.25) is 0 Å². The third-order valence-corrected chi connectivity index (χ3v) is 7.89. The van der Waals surface area contributed by atoms with E-state index in [9.17, 15) is 21.6 Å². The van der Waals surface area contributed by atoms with Gasteiger partial charge in [0.25, 0.3) is 0 Å². The van der Waals surface area contributed by atoms with E-state index in [1.54, 1.807) is 38.1 Å². The van der Waals surface area contributed by atoms with Gasteiger partial charge in [0, 0.05) is 20.1 Å². The van der Waals surface area contributed by atoms with Crippen molar-refractivity contribution in [3.63, 3.8) is 0 Å². The fourth-order valence-electron chi connectivity index (χ4n) is 2.68. The molecule has 0 saturated carbocycles. The Labute approximate surface area is 178 Å². The molecule has 2 N–H and O–H groups in total. The minimum Gasteiger partial charge on any atom is -0.354 e. The Morgan fingerprint density at radius 1 is 0.900 bits per heavy atom. The molecular formula is C20H27N3O5S2. The summed E-state index contributed by atoms with van der Waals surface area (Å²) in [5.74, 6) is -0.527. The van der Waals surface area contributed by atoms with E-state index in [0.29, 0.717) is 5.56 Å². The number of amides is 1. The molecule has 2 aromatic carbocycles. The predicted octanol–water partition coefficient (Wildman–Crippen LogP) is 1.33. The van der Waals surface area contributed by atoms with Gasteiger partial charge in [0.1, 0.15) is 0 Å². The summed E-state index contributed by atoms with van der Waals surface area (Å²) in [7, 11) is -6.16. The van der Waals surface area contributed by atoms with Gasteiger partial charge in [0.15, 0.2) is 0 Å². The number of rotatable bonds is 9. The van der Waals surface area contributed by atoms with Crippen LogP contribution in [0.15, 0.2) is 52.3 Å². The molecule has 2 aromatic rings. The van der Waals surface area contributed by atoms with Crippen LogP contribution in [0.4, 0.5) is 0 Å². The lowest BCUT2D eigenvalue weighted by molar-refractivity contribution is -0.121. The first-order valence-electron chi connectivity index (χ1n) is 9.30. The van der Waals surface area contributed by atoms with Gasteiger partial charge in [-0.1, -0.05) is 29.8 Å². The lowest BCUT2D eigenvalue weighted by Gasteiger charge is -2.18. The molecule has 30 heavy (non-hydrogen) atoms. The molecule has 2 rings (SSSR count). The van der Waals surface area contributed by atoms with Gasteiger partial charge in [-0.25, -0.2) is 21.6 Å². The van der Waals surface area contributed by atoms with Gasteiger partial charge in [-0.15, -0.1) is 0 Å². The van der Waals surface area contributed by atoms with E-state index < -0.39 is 26.0 Å². The maximum atomic E-state index is 12.7. The standard InChI is InChI=1S/C20H27N3O5S2/c1-15-6-9-18(10-7-15)29(25,26)22-12-11-21-20(24)14-23(4)30(27,28)19-13-16(2)5-8-17(19)3/h5-10,13,22H,11-12,14H2,1-4H3,(H,21,24). The van der Waals surface area contributed by atoms with Gasteiger partial charge >= 0.3 is 0 Å². The highest BCUT2D eigenvalue weighted by atomic mass is 32.2. The van der Waals surface area contributed by atoms with Crippen molar-refractivity contribution in [1.29, 1.82) is 0 Å². The average molecular weight is 454 g/mol. The summed E-state index contributed by atoms with van der Waals surface area (Å²) in [5.41, 5.74) is 2.34. The average Bonchev–Trinajstić information content (AvgIpc) is 2.67. The predicted molar refractivity (Wildman–Crippen MR) is 115 cm³/mol. The van der Waals surface area contributed by atoms with Crippen LogP contribution in [-0.4, -0.2) is 53.7 Å². The molecule has 0 aromatic heterocycles. The Hall–Kier alpha value is -2.27. The summed E-state index contributed by atoms with van der Waals surface area (Å²) in [6.07, 6.45) is 0. The van der Waals surface area contributed by atoms with Crippen molar-refractivity contribution in [2.24, 2.45) is 0 Å². The lowest BCUT2D eigenvalue weighted by atomic mass is 10.2. The van der Waals surface area contributed by atoms with E-state index in [-0.39, 0.29) is 29.4 Å². The monoisotopic (exact) mass is 453 g/mol.